The van der Waals surface area contributed by atoms with Crippen molar-refractivity contribution in [3.05, 3.63) is 48.4 Å². The Labute approximate surface area is 118 Å². The van der Waals surface area contributed by atoms with Gasteiger partial charge in [-0.15, -0.1) is 5.10 Å². The number of alkyl halides is 2. The maximum Gasteiger partial charge on any atom is 0.224 e. The van der Waals surface area contributed by atoms with Crippen molar-refractivity contribution in [1.29, 1.82) is 0 Å². The first kappa shape index (κ1) is 13.5. The van der Waals surface area contributed by atoms with Crippen LogP contribution < -0.4 is 0 Å². The summed E-state index contributed by atoms with van der Waals surface area (Å²) >= 11 is 0. The number of benzene rings is 1. The number of hydrogen-bond donors (Lipinski definition) is 1. The molecule has 1 aromatic carbocycles. The Morgan fingerprint density at radius 3 is 2.67 bits per heavy atom. The second-order valence-corrected chi connectivity index (χ2v) is 4.48. The molecule has 0 saturated heterocycles. The summed E-state index contributed by atoms with van der Waals surface area (Å²) in [5.41, 5.74) is 0.527. The second kappa shape index (κ2) is 5.49. The Kier molecular flexibility index (Phi) is 3.53. The van der Waals surface area contributed by atoms with Crippen molar-refractivity contribution < 1.29 is 13.9 Å². The van der Waals surface area contributed by atoms with Gasteiger partial charge >= 0.3 is 0 Å². The highest BCUT2D eigenvalue weighted by Crippen LogP contribution is 2.28. The average Bonchev–Trinajstić information content (AvgIpc) is 3.06. The Morgan fingerprint density at radius 2 is 1.90 bits per heavy atom. The lowest BCUT2D eigenvalue weighted by Gasteiger charge is -2.18. The van der Waals surface area contributed by atoms with Crippen LogP contribution in [-0.2, 0) is 0 Å². The molecule has 0 aliphatic carbocycles. The zero-order valence-electron chi connectivity index (χ0n) is 10.7. The Morgan fingerprint density at radius 1 is 1.10 bits per heavy atom. The number of fused-ring (bicyclic) bond motifs is 1. The van der Waals surface area contributed by atoms with Crippen LogP contribution in [-0.4, -0.2) is 36.4 Å². The van der Waals surface area contributed by atoms with E-state index in [1.807, 2.05) is 12.1 Å². The van der Waals surface area contributed by atoms with Crippen LogP contribution in [0.3, 0.4) is 0 Å². The molecule has 0 spiro atoms. The van der Waals surface area contributed by atoms with Crippen LogP contribution in [0.5, 0.6) is 0 Å². The molecule has 0 amide bonds. The number of nitrogens with zero attached hydrogens (tertiary/aromatic N) is 5. The highest BCUT2D eigenvalue weighted by molar-refractivity contribution is 5.78. The highest BCUT2D eigenvalue weighted by Gasteiger charge is 2.32. The Hall–Kier alpha value is -2.48. The molecule has 8 heteroatoms. The monoisotopic (exact) mass is 291 g/mol. The van der Waals surface area contributed by atoms with Crippen LogP contribution >= 0.6 is 0 Å². The fraction of sp³-hybridized carbons (Fsp3) is 0.231. The number of para-hydroxylation sites is 1. The molecule has 3 atom stereocenters. The summed E-state index contributed by atoms with van der Waals surface area (Å²) < 4.78 is 28.8. The summed E-state index contributed by atoms with van der Waals surface area (Å²) in [5, 5.41) is 20.4. The third-order valence-corrected chi connectivity index (χ3v) is 3.10. The van der Waals surface area contributed by atoms with Gasteiger partial charge in [-0.2, -0.15) is 4.68 Å². The van der Waals surface area contributed by atoms with Crippen molar-refractivity contribution in [3.63, 3.8) is 0 Å². The van der Waals surface area contributed by atoms with Crippen molar-refractivity contribution >= 4 is 10.9 Å². The minimum atomic E-state index is -2.09. The van der Waals surface area contributed by atoms with Gasteiger partial charge in [0.2, 0.25) is 6.30 Å². The van der Waals surface area contributed by atoms with Crippen LogP contribution in [0.1, 0.15) is 18.2 Å². The van der Waals surface area contributed by atoms with Gasteiger partial charge in [0.15, 0.2) is 6.17 Å². The van der Waals surface area contributed by atoms with E-state index in [2.05, 4.69) is 20.5 Å². The normalized spacial score (nSPS) is 15.8. The van der Waals surface area contributed by atoms with E-state index < -0.39 is 18.6 Å². The van der Waals surface area contributed by atoms with Gasteiger partial charge in [-0.1, -0.05) is 24.3 Å². The van der Waals surface area contributed by atoms with Crippen LogP contribution in [0, 0.1) is 0 Å². The predicted molar refractivity (Wildman–Crippen MR) is 69.6 cm³/mol. The largest absolute Gasteiger partial charge is 0.385 e. The fourth-order valence-electron chi connectivity index (χ4n) is 1.99. The molecule has 21 heavy (non-hydrogen) atoms. The number of hydrogen-bond acceptors (Lipinski definition) is 5. The van der Waals surface area contributed by atoms with Gasteiger partial charge in [0.05, 0.1) is 11.2 Å². The van der Waals surface area contributed by atoms with Gasteiger partial charge in [-0.3, -0.25) is 0 Å². The molecule has 108 valence electrons. The summed E-state index contributed by atoms with van der Waals surface area (Å²) in [6.45, 7) is 0. The minimum absolute atomic E-state index is 0.0445. The smallest absolute Gasteiger partial charge is 0.224 e. The number of aromatic nitrogens is 5. The summed E-state index contributed by atoms with van der Waals surface area (Å²) in [7, 11) is 0. The van der Waals surface area contributed by atoms with Gasteiger partial charge in [0.25, 0.3) is 0 Å². The quantitative estimate of drug-likeness (QED) is 0.792. The molecule has 0 fully saturated rings. The second-order valence-electron chi connectivity index (χ2n) is 4.48. The molecule has 6 nitrogen and oxygen atoms in total. The number of aliphatic hydroxyl groups is 1. The molecular formula is C13H11F2N5O. The molecule has 3 aromatic rings. The first-order valence-corrected chi connectivity index (χ1v) is 6.21. The van der Waals surface area contributed by atoms with Gasteiger partial charge in [-0.25, -0.2) is 13.8 Å². The van der Waals surface area contributed by atoms with Gasteiger partial charge < -0.3 is 5.11 Å². The predicted octanol–water partition coefficient (Wildman–Crippen LogP) is 1.76. The SMILES string of the molecule is OC(C(F)c1ccc2ccccc2n1)C(F)n1cnnn1. The van der Waals surface area contributed by atoms with Gasteiger partial charge in [-0.05, 0) is 22.6 Å². The summed E-state index contributed by atoms with van der Waals surface area (Å²) in [6.07, 6.45) is -5.08. The van der Waals surface area contributed by atoms with Gasteiger partial charge in [0.1, 0.15) is 12.4 Å². The molecule has 0 aliphatic heterocycles. The number of halogens is 2. The van der Waals surface area contributed by atoms with E-state index in [9.17, 15) is 13.9 Å². The Balaban J connectivity index is 1.87. The van der Waals surface area contributed by atoms with E-state index in [4.69, 9.17) is 0 Å². The van der Waals surface area contributed by atoms with Crippen molar-refractivity contribution in [3.8, 4) is 0 Å². The first-order valence-electron chi connectivity index (χ1n) is 6.21. The number of rotatable bonds is 4. The third kappa shape index (κ3) is 2.57. The molecule has 0 bridgehead atoms. The fourth-order valence-corrected chi connectivity index (χ4v) is 1.99. The topological polar surface area (TPSA) is 76.7 Å². The average molecular weight is 291 g/mol. The molecule has 0 radical (unpaired) electrons. The van der Waals surface area contributed by atoms with Crippen LogP contribution in [0.2, 0.25) is 0 Å². The van der Waals surface area contributed by atoms with Crippen molar-refractivity contribution in [2.45, 2.75) is 18.6 Å². The number of tetrazole rings is 1. The summed E-state index contributed by atoms with van der Waals surface area (Å²) in [4.78, 5) is 4.10. The van der Waals surface area contributed by atoms with Crippen molar-refractivity contribution in [1.82, 2.24) is 25.2 Å². The molecular weight excluding hydrogens is 280 g/mol. The van der Waals surface area contributed by atoms with E-state index >= 15 is 0 Å². The third-order valence-electron chi connectivity index (χ3n) is 3.10. The maximum atomic E-state index is 14.3. The molecule has 2 aromatic heterocycles. The van der Waals surface area contributed by atoms with E-state index in [0.29, 0.717) is 10.2 Å². The molecule has 2 heterocycles. The summed E-state index contributed by atoms with van der Waals surface area (Å²) in [6, 6.07) is 10.2. The Bertz CT molecular complexity index is 736. The minimum Gasteiger partial charge on any atom is -0.385 e. The van der Waals surface area contributed by atoms with Crippen LogP contribution in [0.25, 0.3) is 10.9 Å². The van der Waals surface area contributed by atoms with Crippen molar-refractivity contribution in [2.75, 3.05) is 0 Å². The standard InChI is InChI=1S/C13H11F2N5O/c14-11(12(21)13(15)20-7-16-18-19-20)10-6-5-8-3-1-2-4-9(8)17-10/h1-7,11-13,21H. The highest BCUT2D eigenvalue weighted by atomic mass is 19.1. The van der Waals surface area contributed by atoms with Crippen LogP contribution in [0.15, 0.2) is 42.7 Å². The molecule has 0 saturated carbocycles. The van der Waals surface area contributed by atoms with Crippen LogP contribution in [0.4, 0.5) is 8.78 Å². The van der Waals surface area contributed by atoms with Gasteiger partial charge in [0, 0.05) is 5.39 Å². The molecule has 1 N–H and O–H groups in total. The maximum absolute atomic E-state index is 14.3. The van der Waals surface area contributed by atoms with E-state index in [0.717, 1.165) is 11.7 Å². The lowest BCUT2D eigenvalue weighted by Crippen LogP contribution is -2.26. The van der Waals surface area contributed by atoms with E-state index in [1.165, 1.54) is 6.07 Å². The number of pyridine rings is 1. The zero-order valence-corrected chi connectivity index (χ0v) is 10.7. The number of aliphatic hydroxyl groups excluding tert-OH is 1. The summed E-state index contributed by atoms with van der Waals surface area (Å²) in [5.74, 6) is 0. The molecule has 0 aliphatic rings. The van der Waals surface area contributed by atoms with E-state index in [1.54, 1.807) is 18.2 Å². The van der Waals surface area contributed by atoms with Crippen molar-refractivity contribution in [2.24, 2.45) is 0 Å². The first-order chi connectivity index (χ1) is 10.2. The zero-order chi connectivity index (χ0) is 14.8. The lowest BCUT2D eigenvalue weighted by molar-refractivity contribution is -0.0293. The molecule has 3 rings (SSSR count). The molecule has 3 unspecified atom stereocenters. The lowest BCUT2D eigenvalue weighted by atomic mass is 10.1. The van der Waals surface area contributed by atoms with E-state index in [-0.39, 0.29) is 5.69 Å².